The van der Waals surface area contributed by atoms with Crippen LogP contribution in [0.2, 0.25) is 0 Å². The van der Waals surface area contributed by atoms with Gasteiger partial charge in [0.25, 0.3) is 12.1 Å². The first-order valence-corrected chi connectivity index (χ1v) is 18.4. The highest BCUT2D eigenvalue weighted by molar-refractivity contribution is 5.71. The van der Waals surface area contributed by atoms with Crippen LogP contribution < -0.4 is 13.7 Å². The third-order valence-corrected chi connectivity index (χ3v) is 11.0. The minimum absolute atomic E-state index is 0.00213. The average Bonchev–Trinajstić information content (AvgIpc) is 3.51. The highest BCUT2D eigenvalue weighted by atomic mass is 15.1. The zero-order valence-corrected chi connectivity index (χ0v) is 30.3. The predicted octanol–water partition coefficient (Wildman–Crippen LogP) is 9.69. The number of pyridine rings is 3. The van der Waals surface area contributed by atoms with Crippen molar-refractivity contribution in [3.8, 4) is 44.9 Å². The molecule has 0 saturated carbocycles. The molecule has 1 aliphatic heterocycles. The molecule has 3 aromatic heterocycles. The van der Waals surface area contributed by atoms with E-state index >= 15 is 0 Å². The van der Waals surface area contributed by atoms with Crippen LogP contribution in [0.3, 0.4) is 0 Å². The molecule has 3 nitrogen and oxygen atoms in total. The molecule has 4 heterocycles. The summed E-state index contributed by atoms with van der Waals surface area (Å²) in [5, 5.41) is 0. The van der Waals surface area contributed by atoms with Crippen molar-refractivity contribution in [1.29, 1.82) is 0 Å². The average molecular weight is 665 g/mol. The number of hydrogen-bond donors (Lipinski definition) is 0. The van der Waals surface area contributed by atoms with Crippen molar-refractivity contribution >= 4 is 0 Å². The molecular formula is C48H46N3+3. The summed E-state index contributed by atoms with van der Waals surface area (Å²) in [6.07, 6.45) is 4.38. The quantitative estimate of drug-likeness (QED) is 0.143. The fourth-order valence-corrected chi connectivity index (χ4v) is 8.38. The lowest BCUT2D eigenvalue weighted by molar-refractivity contribution is -0.793. The maximum atomic E-state index is 2.64. The zero-order valence-electron chi connectivity index (χ0n) is 30.3. The van der Waals surface area contributed by atoms with Crippen molar-refractivity contribution in [2.75, 3.05) is 0 Å². The minimum Gasteiger partial charge on any atom is -0.199 e. The normalized spacial score (nSPS) is 13.9. The van der Waals surface area contributed by atoms with E-state index in [0.717, 1.165) is 12.8 Å². The van der Waals surface area contributed by atoms with E-state index in [1.54, 1.807) is 0 Å². The fraction of sp³-hybridized carbons (Fsp3) is 0.188. The van der Waals surface area contributed by atoms with Crippen LogP contribution in [0.15, 0.2) is 152 Å². The number of aromatic nitrogens is 3. The molecular weight excluding hydrogens is 619 g/mol. The van der Waals surface area contributed by atoms with Gasteiger partial charge >= 0.3 is 0 Å². The Kier molecular flexibility index (Phi) is 8.65. The van der Waals surface area contributed by atoms with E-state index in [4.69, 9.17) is 0 Å². The van der Waals surface area contributed by atoms with Crippen LogP contribution >= 0.6 is 0 Å². The number of hydrogen-bond acceptors (Lipinski definition) is 0. The lowest BCUT2D eigenvalue weighted by Crippen LogP contribution is -2.55. The van der Waals surface area contributed by atoms with Crippen LogP contribution in [0.5, 0.6) is 0 Å². The third-order valence-electron chi connectivity index (χ3n) is 11.0. The van der Waals surface area contributed by atoms with E-state index < -0.39 is 0 Å². The standard InChI is InChI=1S/C48H46N3/c1-6-35-21-11-12-24-38(35)46-31-36(7-2)43(37-22-9-8-10-23-37)32-50(46)47(41-27-15-13-25-39(41)44-29-17-19-33(3)49(44)5)48-42-28-16-14-26-40(42)45-30-18-20-34(4)51(45)48/h8-32,47-48H,6-7H2,1-5H3/q+3. The van der Waals surface area contributed by atoms with Gasteiger partial charge in [0, 0.05) is 66.4 Å². The molecule has 8 rings (SSSR count). The van der Waals surface area contributed by atoms with Gasteiger partial charge in [-0.15, -0.1) is 0 Å². The summed E-state index contributed by atoms with van der Waals surface area (Å²) in [6.45, 7) is 9.01. The van der Waals surface area contributed by atoms with E-state index in [0.29, 0.717) is 0 Å². The number of benzene rings is 4. The Balaban J connectivity index is 1.54. The first-order chi connectivity index (χ1) is 25.0. The molecule has 7 aromatic rings. The monoisotopic (exact) mass is 664 g/mol. The number of nitrogens with zero attached hydrogens (tertiary/aromatic N) is 3. The fourth-order valence-electron chi connectivity index (χ4n) is 8.38. The van der Waals surface area contributed by atoms with Gasteiger partial charge in [0.05, 0.1) is 11.1 Å². The minimum atomic E-state index is -0.0940. The molecule has 0 amide bonds. The lowest BCUT2D eigenvalue weighted by atomic mass is 9.86. The summed E-state index contributed by atoms with van der Waals surface area (Å²) in [5.41, 5.74) is 17.9. The third kappa shape index (κ3) is 5.58. The number of fused-ring (bicyclic) bond motifs is 3. The van der Waals surface area contributed by atoms with Crippen molar-refractivity contribution in [2.24, 2.45) is 7.05 Å². The first-order valence-electron chi connectivity index (χ1n) is 18.4. The Morgan fingerprint density at radius 1 is 0.529 bits per heavy atom. The van der Waals surface area contributed by atoms with Crippen molar-refractivity contribution in [3.63, 3.8) is 0 Å². The summed E-state index contributed by atoms with van der Waals surface area (Å²) >= 11 is 0. The molecule has 250 valence electrons. The Bertz CT molecular complexity index is 2390. The van der Waals surface area contributed by atoms with Crippen molar-refractivity contribution in [3.05, 3.63) is 185 Å². The SMILES string of the molecule is CCc1cc(-c2ccccc2CC)[n+](C(c2ccccc2-c2cccc(C)[n+]2C)C2c3ccccc3-c3cccc(C)[n+]32)cc1-c1ccccc1. The highest BCUT2D eigenvalue weighted by Crippen LogP contribution is 2.44. The van der Waals surface area contributed by atoms with Gasteiger partial charge in [0.15, 0.2) is 17.6 Å². The summed E-state index contributed by atoms with van der Waals surface area (Å²) in [4.78, 5) is 0. The second-order valence-electron chi connectivity index (χ2n) is 13.8. The second kappa shape index (κ2) is 13.6. The maximum absolute atomic E-state index is 2.64. The van der Waals surface area contributed by atoms with Crippen LogP contribution in [-0.4, -0.2) is 0 Å². The first kappa shape index (κ1) is 32.5. The van der Waals surface area contributed by atoms with Gasteiger partial charge in [0.1, 0.15) is 7.05 Å². The van der Waals surface area contributed by atoms with Crippen LogP contribution in [0.25, 0.3) is 44.9 Å². The summed E-state index contributed by atoms with van der Waals surface area (Å²) < 4.78 is 7.57. The molecule has 0 spiro atoms. The lowest BCUT2D eigenvalue weighted by Gasteiger charge is -2.24. The Morgan fingerprint density at radius 2 is 1.16 bits per heavy atom. The Hall–Kier alpha value is -5.67. The van der Waals surface area contributed by atoms with Crippen LogP contribution in [0.4, 0.5) is 0 Å². The van der Waals surface area contributed by atoms with Gasteiger partial charge in [-0.1, -0.05) is 98.8 Å². The molecule has 51 heavy (non-hydrogen) atoms. The van der Waals surface area contributed by atoms with Crippen molar-refractivity contribution < 1.29 is 13.7 Å². The molecule has 0 saturated heterocycles. The maximum Gasteiger partial charge on any atom is 0.250 e. The van der Waals surface area contributed by atoms with E-state index in [1.165, 1.54) is 78.5 Å². The molecule has 0 fully saturated rings. The largest absolute Gasteiger partial charge is 0.250 e. The van der Waals surface area contributed by atoms with Gasteiger partial charge in [-0.25, -0.2) is 0 Å². The van der Waals surface area contributed by atoms with Gasteiger partial charge in [-0.2, -0.15) is 13.7 Å². The second-order valence-corrected chi connectivity index (χ2v) is 13.8. The predicted molar refractivity (Wildman–Crippen MR) is 207 cm³/mol. The van der Waals surface area contributed by atoms with Crippen LogP contribution in [-0.2, 0) is 19.9 Å². The summed E-state index contributed by atoms with van der Waals surface area (Å²) in [5.74, 6) is 0. The van der Waals surface area contributed by atoms with E-state index in [-0.39, 0.29) is 12.1 Å². The molecule has 0 N–H and O–H groups in total. The van der Waals surface area contributed by atoms with Crippen LogP contribution in [0.1, 0.15) is 59.6 Å². The number of rotatable bonds is 8. The Labute approximate surface area is 302 Å². The topological polar surface area (TPSA) is 11.6 Å². The smallest absolute Gasteiger partial charge is 0.199 e. The number of aryl methyl sites for hydroxylation is 4. The molecule has 0 aliphatic carbocycles. The Morgan fingerprint density at radius 3 is 1.92 bits per heavy atom. The van der Waals surface area contributed by atoms with Gasteiger partial charge in [0.2, 0.25) is 17.1 Å². The van der Waals surface area contributed by atoms with Gasteiger partial charge in [-0.05, 0) is 59.9 Å². The van der Waals surface area contributed by atoms with Gasteiger partial charge in [-0.3, -0.25) is 0 Å². The van der Waals surface area contributed by atoms with E-state index in [9.17, 15) is 0 Å². The van der Waals surface area contributed by atoms with Crippen molar-refractivity contribution in [2.45, 2.75) is 52.6 Å². The molecule has 4 aromatic carbocycles. The van der Waals surface area contributed by atoms with Gasteiger partial charge < -0.3 is 0 Å². The molecule has 0 bridgehead atoms. The molecule has 2 unspecified atom stereocenters. The van der Waals surface area contributed by atoms with E-state index in [2.05, 4.69) is 200 Å². The molecule has 1 aliphatic rings. The molecule has 3 heteroatoms. The zero-order chi connectivity index (χ0) is 35.1. The highest BCUT2D eigenvalue weighted by Gasteiger charge is 2.50. The summed E-state index contributed by atoms with van der Waals surface area (Å²) in [7, 11) is 2.19. The summed E-state index contributed by atoms with van der Waals surface area (Å²) in [6, 6.07) is 53.9. The molecule has 2 atom stereocenters. The van der Waals surface area contributed by atoms with Crippen LogP contribution in [0, 0.1) is 13.8 Å². The van der Waals surface area contributed by atoms with E-state index in [1.807, 2.05) is 0 Å². The molecule has 0 radical (unpaired) electrons. The van der Waals surface area contributed by atoms with Crippen molar-refractivity contribution in [1.82, 2.24) is 0 Å².